The van der Waals surface area contributed by atoms with Crippen LogP contribution in [-0.2, 0) is 0 Å². The summed E-state index contributed by atoms with van der Waals surface area (Å²) in [5.74, 6) is -6.86. The summed E-state index contributed by atoms with van der Waals surface area (Å²) in [7, 11) is -10.5. The predicted octanol–water partition coefficient (Wildman–Crippen LogP) is 8.88. The number of halogens is 9. The van der Waals surface area contributed by atoms with Gasteiger partial charge in [-0.3, -0.25) is 0 Å². The average molecular weight is 496 g/mol. The molecule has 0 fully saturated rings. The van der Waals surface area contributed by atoms with Crippen molar-refractivity contribution in [2.24, 2.45) is 0 Å². The van der Waals surface area contributed by atoms with E-state index < -0.39 is 44.0 Å². The van der Waals surface area contributed by atoms with Gasteiger partial charge in [0.25, 0.3) is 0 Å². The van der Waals surface area contributed by atoms with Crippen molar-refractivity contribution in [3.05, 3.63) is 83.2 Å². The van der Waals surface area contributed by atoms with Crippen molar-refractivity contribution in [1.29, 1.82) is 0 Å². The first-order chi connectivity index (χ1) is 15.0. The summed E-state index contributed by atoms with van der Waals surface area (Å²) in [6.45, 7) is 0.979. The molecule has 0 spiro atoms. The van der Waals surface area contributed by atoms with Gasteiger partial charge in [-0.25, -0.2) is 27.5 Å². The van der Waals surface area contributed by atoms with Crippen molar-refractivity contribution in [3.63, 3.8) is 0 Å². The van der Waals surface area contributed by atoms with Crippen molar-refractivity contribution in [1.82, 2.24) is 9.97 Å². The van der Waals surface area contributed by atoms with Crippen LogP contribution < -0.4 is 0 Å². The first-order valence-corrected chi connectivity index (χ1v) is 10.9. The Kier molecular flexibility index (Phi) is 5.65. The van der Waals surface area contributed by atoms with Crippen molar-refractivity contribution < 1.29 is 37.0 Å². The molecule has 0 aliphatic heterocycles. The first-order valence-electron chi connectivity index (χ1n) is 8.91. The molecule has 0 unspecified atom stereocenters. The highest BCUT2D eigenvalue weighted by Crippen LogP contribution is 3.02. The van der Waals surface area contributed by atoms with Gasteiger partial charge in [0.1, 0.15) is 17.5 Å². The van der Waals surface area contributed by atoms with E-state index in [0.717, 1.165) is 19.1 Å². The molecule has 3 rings (SSSR count). The van der Waals surface area contributed by atoms with Gasteiger partial charge < -0.3 is 0 Å². The molecule has 33 heavy (non-hydrogen) atoms. The highest BCUT2D eigenvalue weighted by atomic mass is 32.5. The van der Waals surface area contributed by atoms with E-state index in [9.17, 15) is 37.0 Å². The van der Waals surface area contributed by atoms with E-state index in [-0.39, 0.29) is 23.5 Å². The van der Waals surface area contributed by atoms with E-state index in [0.29, 0.717) is 11.1 Å². The molecule has 0 bridgehead atoms. The number of nitrogens with zero attached hydrogens (tertiary/aromatic N) is 2. The minimum atomic E-state index is -10.5. The van der Waals surface area contributed by atoms with E-state index in [4.69, 9.17) is 0 Å². The summed E-state index contributed by atoms with van der Waals surface area (Å²) in [5.41, 5.74) is 0.624. The molecule has 1 aromatic heterocycles. The molecule has 0 saturated carbocycles. The SMILES string of the molecule is CC(F)=C(F)c1ccc(-c2cnc(C=Cc3cc(F)c(S(F)(F)(F)(F)F)c(F)c3)nc2)cc1. The molecule has 176 valence electrons. The molecule has 0 atom stereocenters. The molecular weight excluding hydrogens is 483 g/mol. The van der Waals surface area contributed by atoms with Crippen LogP contribution in [0.25, 0.3) is 29.1 Å². The van der Waals surface area contributed by atoms with E-state index in [1.54, 1.807) is 0 Å². The summed E-state index contributed by atoms with van der Waals surface area (Å²) in [5, 5.41) is 0. The van der Waals surface area contributed by atoms with Gasteiger partial charge in [-0.1, -0.05) is 49.8 Å². The van der Waals surface area contributed by atoms with Gasteiger partial charge in [-0.05, 0) is 36.3 Å². The Morgan fingerprint density at radius 2 is 1.30 bits per heavy atom. The fourth-order valence-corrected chi connectivity index (χ4v) is 3.65. The summed E-state index contributed by atoms with van der Waals surface area (Å²) < 4.78 is 118. The number of rotatable bonds is 5. The number of aromatic nitrogens is 2. The lowest BCUT2D eigenvalue weighted by Gasteiger charge is -2.40. The van der Waals surface area contributed by atoms with Crippen molar-refractivity contribution >= 4 is 28.2 Å². The molecule has 2 nitrogen and oxygen atoms in total. The monoisotopic (exact) mass is 496 g/mol. The van der Waals surface area contributed by atoms with Crippen LogP contribution in [0.2, 0.25) is 0 Å². The van der Waals surface area contributed by atoms with Gasteiger partial charge in [-0.2, -0.15) is 0 Å². The van der Waals surface area contributed by atoms with Gasteiger partial charge in [0.05, 0.1) is 0 Å². The third kappa shape index (κ3) is 5.75. The molecule has 0 radical (unpaired) electrons. The second kappa shape index (κ2) is 7.65. The summed E-state index contributed by atoms with van der Waals surface area (Å²) >= 11 is 0. The zero-order valence-corrected chi connectivity index (χ0v) is 17.3. The lowest BCUT2D eigenvalue weighted by Crippen LogP contribution is -2.11. The minimum Gasteiger partial charge on any atom is -0.236 e. The third-order valence-corrected chi connectivity index (χ3v) is 5.44. The van der Waals surface area contributed by atoms with Crippen LogP contribution in [0.1, 0.15) is 23.9 Å². The molecule has 2 aromatic carbocycles. The van der Waals surface area contributed by atoms with Crippen LogP contribution in [0.4, 0.5) is 37.0 Å². The third-order valence-electron chi connectivity index (χ3n) is 4.28. The van der Waals surface area contributed by atoms with Crippen LogP contribution in [-0.4, -0.2) is 9.97 Å². The molecule has 0 amide bonds. The lowest BCUT2D eigenvalue weighted by molar-refractivity contribution is 0.344. The molecule has 0 saturated heterocycles. The molecule has 12 heteroatoms. The van der Waals surface area contributed by atoms with E-state index in [2.05, 4.69) is 9.97 Å². The Morgan fingerprint density at radius 1 is 0.788 bits per heavy atom. The molecule has 0 aliphatic carbocycles. The van der Waals surface area contributed by atoms with E-state index >= 15 is 0 Å². The minimum absolute atomic E-state index is 0.00462. The Bertz CT molecular complexity index is 1240. The van der Waals surface area contributed by atoms with Crippen LogP contribution in [0, 0.1) is 11.6 Å². The quantitative estimate of drug-likeness (QED) is 0.330. The highest BCUT2D eigenvalue weighted by Gasteiger charge is 2.68. The summed E-state index contributed by atoms with van der Waals surface area (Å²) in [4.78, 5) is 4.71. The standard InChI is InChI=1S/C21H13F9N2S/c1-12(22)20(25)15-5-3-14(4-6-15)16-10-31-19(32-11-16)7-2-13-8-17(23)21(18(24)9-13)33(26,27,28,29)30/h2-11H,1H3. The van der Waals surface area contributed by atoms with Crippen molar-refractivity contribution in [3.8, 4) is 11.1 Å². The smallest absolute Gasteiger partial charge is 0.236 e. The average Bonchev–Trinajstić information content (AvgIpc) is 2.69. The molecule has 1 heterocycles. The number of allylic oxidation sites excluding steroid dienone is 1. The van der Waals surface area contributed by atoms with Crippen LogP contribution >= 0.6 is 10.2 Å². The van der Waals surface area contributed by atoms with Gasteiger partial charge >= 0.3 is 10.2 Å². The normalized spacial score (nSPS) is 15.2. The molecule has 3 aromatic rings. The number of hydrogen-bond acceptors (Lipinski definition) is 2. The Hall–Kier alpha value is -3.28. The number of hydrogen-bond donors (Lipinski definition) is 0. The van der Waals surface area contributed by atoms with Gasteiger partial charge in [0.15, 0.2) is 16.5 Å². The van der Waals surface area contributed by atoms with Crippen LogP contribution in [0.3, 0.4) is 0 Å². The summed E-state index contributed by atoms with van der Waals surface area (Å²) in [6.07, 6.45) is 4.73. The Labute approximate surface area is 181 Å². The highest BCUT2D eigenvalue weighted by molar-refractivity contribution is 8.45. The topological polar surface area (TPSA) is 25.8 Å². The second-order valence-electron chi connectivity index (χ2n) is 6.87. The fourth-order valence-electron chi connectivity index (χ4n) is 2.80. The Balaban J connectivity index is 1.82. The van der Waals surface area contributed by atoms with Crippen LogP contribution in [0.5, 0.6) is 0 Å². The fraction of sp³-hybridized carbons (Fsp3) is 0.0476. The van der Waals surface area contributed by atoms with Gasteiger partial charge in [0.2, 0.25) is 0 Å². The maximum Gasteiger partial charge on any atom is 0.315 e. The molecule has 0 N–H and O–H groups in total. The second-order valence-corrected chi connectivity index (χ2v) is 9.22. The Morgan fingerprint density at radius 3 is 1.76 bits per heavy atom. The zero-order valence-electron chi connectivity index (χ0n) is 16.5. The first kappa shape index (κ1) is 24.4. The predicted molar refractivity (Wildman–Crippen MR) is 109 cm³/mol. The van der Waals surface area contributed by atoms with E-state index in [1.807, 2.05) is 0 Å². The zero-order chi connectivity index (χ0) is 24.7. The van der Waals surface area contributed by atoms with Crippen molar-refractivity contribution in [2.75, 3.05) is 0 Å². The van der Waals surface area contributed by atoms with Gasteiger partial charge in [0, 0.05) is 23.5 Å². The maximum atomic E-state index is 13.7. The molecular formula is C21H13F9N2S. The van der Waals surface area contributed by atoms with E-state index in [1.165, 1.54) is 36.7 Å². The summed E-state index contributed by atoms with van der Waals surface area (Å²) in [6, 6.07) is 5.93. The maximum absolute atomic E-state index is 13.7. The molecule has 0 aliphatic rings. The van der Waals surface area contributed by atoms with Crippen molar-refractivity contribution in [2.45, 2.75) is 11.8 Å². The largest absolute Gasteiger partial charge is 0.315 e. The van der Waals surface area contributed by atoms with Gasteiger partial charge in [-0.15, -0.1) is 0 Å². The number of benzene rings is 2. The van der Waals surface area contributed by atoms with Crippen LogP contribution in [0.15, 0.2) is 59.5 Å². The lowest BCUT2D eigenvalue weighted by atomic mass is 10.1.